The zero-order valence-electron chi connectivity index (χ0n) is 17.2. The first-order valence-electron chi connectivity index (χ1n) is 10.5. The summed E-state index contributed by atoms with van der Waals surface area (Å²) in [4.78, 5) is 16.8. The number of amides is 1. The summed E-state index contributed by atoms with van der Waals surface area (Å²) in [5, 5.41) is 9.74. The Morgan fingerprint density at radius 1 is 0.844 bits per heavy atom. The van der Waals surface area contributed by atoms with Crippen molar-refractivity contribution in [3.8, 4) is 22.8 Å². The number of benzene rings is 2. The van der Waals surface area contributed by atoms with E-state index in [0.29, 0.717) is 31.9 Å². The van der Waals surface area contributed by atoms with Gasteiger partial charge in [-0.1, -0.05) is 18.2 Å². The van der Waals surface area contributed by atoms with Gasteiger partial charge in [0.25, 0.3) is 5.91 Å². The molecule has 2 aliphatic rings. The SMILES string of the molecule is O=C(c1cc2ccccc2o1)N1CCN(c2ccc(-c3ccc4c(c3)OCO4)nn2)CC1. The van der Waals surface area contributed by atoms with Gasteiger partial charge in [0.2, 0.25) is 6.79 Å². The predicted molar refractivity (Wildman–Crippen MR) is 118 cm³/mol. The summed E-state index contributed by atoms with van der Waals surface area (Å²) < 4.78 is 16.5. The molecule has 4 aromatic rings. The van der Waals surface area contributed by atoms with Crippen LogP contribution in [0.1, 0.15) is 10.6 Å². The zero-order chi connectivity index (χ0) is 21.5. The number of nitrogens with zero attached hydrogens (tertiary/aromatic N) is 4. The number of fused-ring (bicyclic) bond motifs is 2. The molecule has 2 aromatic carbocycles. The van der Waals surface area contributed by atoms with Gasteiger partial charge in [0, 0.05) is 37.1 Å². The minimum absolute atomic E-state index is 0.0786. The van der Waals surface area contributed by atoms with Crippen molar-refractivity contribution in [2.75, 3.05) is 37.9 Å². The molecule has 0 N–H and O–H groups in total. The molecule has 0 aliphatic carbocycles. The summed E-state index contributed by atoms with van der Waals surface area (Å²) >= 11 is 0. The number of carbonyl (C=O) groups excluding carboxylic acids is 1. The Kier molecular flexibility index (Phi) is 4.41. The normalized spacial score (nSPS) is 15.4. The summed E-state index contributed by atoms with van der Waals surface area (Å²) in [6.07, 6.45) is 0. The fraction of sp³-hybridized carbons (Fsp3) is 0.208. The van der Waals surface area contributed by atoms with Crippen molar-refractivity contribution in [3.05, 3.63) is 66.4 Å². The van der Waals surface area contributed by atoms with Crippen molar-refractivity contribution >= 4 is 22.7 Å². The molecule has 4 heterocycles. The second-order valence-corrected chi connectivity index (χ2v) is 7.77. The van der Waals surface area contributed by atoms with E-state index >= 15 is 0 Å². The van der Waals surface area contributed by atoms with Gasteiger partial charge >= 0.3 is 0 Å². The lowest BCUT2D eigenvalue weighted by Gasteiger charge is -2.34. The van der Waals surface area contributed by atoms with E-state index in [9.17, 15) is 4.79 Å². The first-order chi connectivity index (χ1) is 15.7. The third kappa shape index (κ3) is 3.30. The van der Waals surface area contributed by atoms with Crippen molar-refractivity contribution in [1.82, 2.24) is 15.1 Å². The molecular formula is C24H20N4O4. The van der Waals surface area contributed by atoms with Crippen LogP contribution >= 0.6 is 0 Å². The predicted octanol–water partition coefficient (Wildman–Crippen LogP) is 3.58. The second-order valence-electron chi connectivity index (χ2n) is 7.77. The highest BCUT2D eigenvalue weighted by Gasteiger charge is 2.25. The number of furan rings is 1. The van der Waals surface area contributed by atoms with Crippen LogP contribution in [0, 0.1) is 0 Å². The van der Waals surface area contributed by atoms with Crippen LogP contribution in [0.4, 0.5) is 5.82 Å². The van der Waals surface area contributed by atoms with Crippen LogP contribution < -0.4 is 14.4 Å². The topological polar surface area (TPSA) is 80.9 Å². The lowest BCUT2D eigenvalue weighted by Crippen LogP contribution is -2.49. The number of anilines is 1. The number of aromatic nitrogens is 2. The summed E-state index contributed by atoms with van der Waals surface area (Å²) in [5.41, 5.74) is 2.42. The Morgan fingerprint density at radius 3 is 2.50 bits per heavy atom. The highest BCUT2D eigenvalue weighted by Crippen LogP contribution is 2.35. The average molecular weight is 428 g/mol. The van der Waals surface area contributed by atoms with E-state index in [1.54, 1.807) is 0 Å². The smallest absolute Gasteiger partial charge is 0.289 e. The Morgan fingerprint density at radius 2 is 1.69 bits per heavy atom. The van der Waals surface area contributed by atoms with Crippen molar-refractivity contribution < 1.29 is 18.7 Å². The Labute approximate surface area is 184 Å². The van der Waals surface area contributed by atoms with E-state index in [4.69, 9.17) is 13.9 Å². The van der Waals surface area contributed by atoms with E-state index in [1.165, 1.54) is 0 Å². The monoisotopic (exact) mass is 428 g/mol. The average Bonchev–Trinajstić information content (AvgIpc) is 3.50. The first kappa shape index (κ1) is 18.7. The molecular weight excluding hydrogens is 408 g/mol. The quantitative estimate of drug-likeness (QED) is 0.493. The fourth-order valence-corrected chi connectivity index (χ4v) is 4.09. The first-order valence-corrected chi connectivity index (χ1v) is 10.5. The summed E-state index contributed by atoms with van der Waals surface area (Å²) in [6.45, 7) is 2.81. The molecule has 8 nitrogen and oxygen atoms in total. The second kappa shape index (κ2) is 7.56. The largest absolute Gasteiger partial charge is 0.454 e. The lowest BCUT2D eigenvalue weighted by molar-refractivity contribution is 0.0717. The van der Waals surface area contributed by atoms with Crippen LogP contribution in [-0.4, -0.2) is 54.0 Å². The van der Waals surface area contributed by atoms with E-state index in [-0.39, 0.29) is 12.7 Å². The van der Waals surface area contributed by atoms with E-state index in [0.717, 1.165) is 39.5 Å². The maximum atomic E-state index is 12.9. The molecule has 160 valence electrons. The molecule has 0 radical (unpaired) electrons. The standard InChI is InChI=1S/C24H20N4O4/c29-24(22-14-17-3-1-2-4-19(17)32-22)28-11-9-27(10-12-28)23-8-6-18(25-26-23)16-5-7-20-21(13-16)31-15-30-20/h1-8,13-14H,9-12,15H2. The maximum Gasteiger partial charge on any atom is 0.289 e. The van der Waals surface area contributed by atoms with Crippen LogP contribution in [0.15, 0.2) is 65.1 Å². The van der Waals surface area contributed by atoms with E-state index in [2.05, 4.69) is 15.1 Å². The van der Waals surface area contributed by atoms with Gasteiger partial charge in [-0.2, -0.15) is 0 Å². The lowest BCUT2D eigenvalue weighted by atomic mass is 10.1. The van der Waals surface area contributed by atoms with Crippen LogP contribution in [0.2, 0.25) is 0 Å². The van der Waals surface area contributed by atoms with Crippen LogP contribution in [-0.2, 0) is 0 Å². The summed E-state index contributed by atoms with van der Waals surface area (Å²) in [7, 11) is 0. The van der Waals surface area contributed by atoms with Gasteiger partial charge in [0.1, 0.15) is 5.58 Å². The number of hydrogen-bond donors (Lipinski definition) is 0. The van der Waals surface area contributed by atoms with Gasteiger partial charge in [-0.25, -0.2) is 0 Å². The van der Waals surface area contributed by atoms with Gasteiger partial charge in [-0.05, 0) is 42.5 Å². The van der Waals surface area contributed by atoms with Crippen molar-refractivity contribution in [2.45, 2.75) is 0 Å². The number of carbonyl (C=O) groups is 1. The number of hydrogen-bond acceptors (Lipinski definition) is 7. The van der Waals surface area contributed by atoms with Crippen LogP contribution in [0.3, 0.4) is 0 Å². The van der Waals surface area contributed by atoms with Crippen LogP contribution in [0.5, 0.6) is 11.5 Å². The highest BCUT2D eigenvalue weighted by molar-refractivity contribution is 5.96. The minimum atomic E-state index is -0.0786. The summed E-state index contributed by atoms with van der Waals surface area (Å²) in [5.74, 6) is 2.56. The fourth-order valence-electron chi connectivity index (χ4n) is 4.09. The van der Waals surface area contributed by atoms with Gasteiger partial charge in [0.05, 0.1) is 5.69 Å². The van der Waals surface area contributed by atoms with Gasteiger partial charge in [-0.3, -0.25) is 4.79 Å². The molecule has 32 heavy (non-hydrogen) atoms. The molecule has 1 fully saturated rings. The van der Waals surface area contributed by atoms with Crippen molar-refractivity contribution in [1.29, 1.82) is 0 Å². The molecule has 2 aliphatic heterocycles. The molecule has 1 amide bonds. The van der Waals surface area contributed by atoms with Gasteiger partial charge < -0.3 is 23.7 Å². The maximum absolute atomic E-state index is 12.9. The highest BCUT2D eigenvalue weighted by atomic mass is 16.7. The molecule has 1 saturated heterocycles. The molecule has 0 unspecified atom stereocenters. The molecule has 0 saturated carbocycles. The summed E-state index contributed by atoms with van der Waals surface area (Å²) in [6, 6.07) is 19.1. The van der Waals surface area contributed by atoms with E-state index in [1.807, 2.05) is 65.6 Å². The third-order valence-electron chi connectivity index (χ3n) is 5.85. The number of rotatable bonds is 3. The number of piperazine rings is 1. The Balaban J connectivity index is 1.12. The van der Waals surface area contributed by atoms with E-state index < -0.39 is 0 Å². The number of para-hydroxylation sites is 1. The molecule has 0 spiro atoms. The van der Waals surface area contributed by atoms with Crippen molar-refractivity contribution in [2.24, 2.45) is 0 Å². The molecule has 8 heteroatoms. The molecule has 6 rings (SSSR count). The van der Waals surface area contributed by atoms with Gasteiger partial charge in [-0.15, -0.1) is 10.2 Å². The van der Waals surface area contributed by atoms with Gasteiger partial charge in [0.15, 0.2) is 23.1 Å². The zero-order valence-corrected chi connectivity index (χ0v) is 17.2. The third-order valence-corrected chi connectivity index (χ3v) is 5.85. The Hall–Kier alpha value is -4.07. The molecule has 0 atom stereocenters. The molecule has 0 bridgehead atoms. The molecule has 2 aromatic heterocycles. The van der Waals surface area contributed by atoms with Crippen molar-refractivity contribution in [3.63, 3.8) is 0 Å². The minimum Gasteiger partial charge on any atom is -0.454 e. The van der Waals surface area contributed by atoms with Crippen LogP contribution in [0.25, 0.3) is 22.2 Å². The number of ether oxygens (including phenoxy) is 2. The Bertz CT molecular complexity index is 1260.